The molecule has 0 aliphatic carbocycles. The number of aromatic amines is 1. The van der Waals surface area contributed by atoms with Gasteiger partial charge in [0.05, 0.1) is 6.61 Å². The first-order chi connectivity index (χ1) is 19.2. The number of benzene rings is 3. The molecular formula is C30H33ClN4O4S. The van der Waals surface area contributed by atoms with E-state index in [9.17, 15) is 13.2 Å². The van der Waals surface area contributed by atoms with Crippen LogP contribution in [-0.4, -0.2) is 56.4 Å². The van der Waals surface area contributed by atoms with Crippen LogP contribution >= 0.6 is 11.6 Å². The van der Waals surface area contributed by atoms with Crippen LogP contribution in [0.5, 0.6) is 5.75 Å². The van der Waals surface area contributed by atoms with Crippen molar-refractivity contribution in [3.8, 4) is 5.75 Å². The molecule has 3 aromatic carbocycles. The molecule has 1 aliphatic rings. The van der Waals surface area contributed by atoms with Gasteiger partial charge in [0.25, 0.3) is 5.91 Å². The van der Waals surface area contributed by atoms with Crippen molar-refractivity contribution < 1.29 is 17.9 Å². The molecule has 10 heteroatoms. The molecule has 0 radical (unpaired) electrons. The SMILES string of the molecule is Cc1cc(OCCCc2c(C(=O)NS(=O)(=O)N3CCN(c4ccccc4)CC3)[nH]c3ccccc23)cc(C)c1Cl. The number of carbonyl (C=O) groups is 1. The Labute approximate surface area is 240 Å². The number of fused-ring (bicyclic) bond motifs is 1. The van der Waals surface area contributed by atoms with Gasteiger partial charge >= 0.3 is 10.2 Å². The Morgan fingerprint density at radius 1 is 0.975 bits per heavy atom. The average Bonchev–Trinajstić information content (AvgIpc) is 3.33. The number of carbonyl (C=O) groups excluding carboxylic acids is 1. The number of anilines is 1. The van der Waals surface area contributed by atoms with Crippen LogP contribution in [0.25, 0.3) is 10.9 Å². The number of halogens is 1. The van der Waals surface area contributed by atoms with E-state index in [2.05, 4.69) is 14.6 Å². The van der Waals surface area contributed by atoms with Crippen LogP contribution in [0.2, 0.25) is 5.02 Å². The molecule has 8 nitrogen and oxygen atoms in total. The van der Waals surface area contributed by atoms with Gasteiger partial charge in [-0.05, 0) is 73.7 Å². The highest BCUT2D eigenvalue weighted by Gasteiger charge is 2.30. The Kier molecular flexibility index (Phi) is 8.35. The maximum Gasteiger partial charge on any atom is 0.304 e. The second-order valence-electron chi connectivity index (χ2n) is 10.0. The lowest BCUT2D eigenvalue weighted by Gasteiger charge is -2.35. The molecule has 0 atom stereocenters. The second-order valence-corrected chi connectivity index (χ2v) is 12.1. The number of rotatable bonds is 9. The highest BCUT2D eigenvalue weighted by atomic mass is 35.5. The van der Waals surface area contributed by atoms with Crippen molar-refractivity contribution in [2.24, 2.45) is 0 Å². The van der Waals surface area contributed by atoms with Crippen molar-refractivity contribution in [3.05, 3.63) is 94.1 Å². The predicted molar refractivity (Wildman–Crippen MR) is 160 cm³/mol. The summed E-state index contributed by atoms with van der Waals surface area (Å²) >= 11 is 6.26. The minimum absolute atomic E-state index is 0.255. The number of aryl methyl sites for hydroxylation is 3. The van der Waals surface area contributed by atoms with Crippen LogP contribution in [0.4, 0.5) is 5.69 Å². The summed E-state index contributed by atoms with van der Waals surface area (Å²) in [6.45, 7) is 5.99. The molecule has 1 aliphatic heterocycles. The lowest BCUT2D eigenvalue weighted by molar-refractivity contribution is 0.0973. The lowest BCUT2D eigenvalue weighted by Crippen LogP contribution is -2.53. The fraction of sp³-hybridized carbons (Fsp3) is 0.300. The van der Waals surface area contributed by atoms with Crippen molar-refractivity contribution in [1.29, 1.82) is 0 Å². The predicted octanol–water partition coefficient (Wildman–Crippen LogP) is 5.25. The first kappa shape index (κ1) is 28.0. The normalized spacial score (nSPS) is 14.4. The zero-order valence-electron chi connectivity index (χ0n) is 22.6. The second kappa shape index (κ2) is 11.9. The average molecular weight is 581 g/mol. The fourth-order valence-corrected chi connectivity index (χ4v) is 6.36. The van der Waals surface area contributed by atoms with Crippen LogP contribution in [0, 0.1) is 13.8 Å². The van der Waals surface area contributed by atoms with Gasteiger partial charge in [-0.1, -0.05) is 48.0 Å². The Balaban J connectivity index is 1.25. The molecule has 0 spiro atoms. The molecule has 40 heavy (non-hydrogen) atoms. The van der Waals surface area contributed by atoms with Gasteiger partial charge in [-0.3, -0.25) is 4.79 Å². The number of aromatic nitrogens is 1. The van der Waals surface area contributed by atoms with E-state index < -0.39 is 16.1 Å². The van der Waals surface area contributed by atoms with E-state index in [-0.39, 0.29) is 18.8 Å². The highest BCUT2D eigenvalue weighted by molar-refractivity contribution is 7.87. The van der Waals surface area contributed by atoms with E-state index in [1.165, 1.54) is 4.31 Å². The molecule has 210 valence electrons. The number of ether oxygens (including phenoxy) is 1. The quantitative estimate of drug-likeness (QED) is 0.264. The van der Waals surface area contributed by atoms with Crippen LogP contribution in [0.3, 0.4) is 0 Å². The van der Waals surface area contributed by atoms with Crippen molar-refractivity contribution in [1.82, 2.24) is 14.0 Å². The van der Waals surface area contributed by atoms with Gasteiger partial charge in [0, 0.05) is 47.8 Å². The number of para-hydroxylation sites is 2. The van der Waals surface area contributed by atoms with Crippen molar-refractivity contribution in [2.45, 2.75) is 26.7 Å². The largest absolute Gasteiger partial charge is 0.494 e. The number of H-pyrrole nitrogens is 1. The number of hydrogen-bond donors (Lipinski definition) is 2. The summed E-state index contributed by atoms with van der Waals surface area (Å²) in [6.07, 6.45) is 1.17. The molecule has 2 heterocycles. The summed E-state index contributed by atoms with van der Waals surface area (Å²) < 4.78 is 35.9. The monoisotopic (exact) mass is 580 g/mol. The van der Waals surface area contributed by atoms with Crippen LogP contribution in [0.15, 0.2) is 66.7 Å². The van der Waals surface area contributed by atoms with E-state index in [0.717, 1.165) is 44.1 Å². The van der Waals surface area contributed by atoms with Crippen molar-refractivity contribution in [2.75, 3.05) is 37.7 Å². The van der Waals surface area contributed by atoms with E-state index in [1.54, 1.807) is 0 Å². The molecule has 1 saturated heterocycles. The molecule has 0 saturated carbocycles. The number of hydrogen-bond acceptors (Lipinski definition) is 5. The number of amides is 1. The van der Waals surface area contributed by atoms with Gasteiger partial charge < -0.3 is 14.6 Å². The Hall–Kier alpha value is -3.53. The summed E-state index contributed by atoms with van der Waals surface area (Å²) in [6, 6.07) is 21.3. The van der Waals surface area contributed by atoms with Crippen LogP contribution in [-0.2, 0) is 16.6 Å². The summed E-state index contributed by atoms with van der Waals surface area (Å²) in [5, 5.41) is 1.62. The number of nitrogens with zero attached hydrogens (tertiary/aromatic N) is 2. The molecule has 5 rings (SSSR count). The molecule has 1 fully saturated rings. The van der Waals surface area contributed by atoms with Crippen molar-refractivity contribution >= 4 is 44.3 Å². The first-order valence-corrected chi connectivity index (χ1v) is 15.2. The first-order valence-electron chi connectivity index (χ1n) is 13.3. The molecule has 0 unspecified atom stereocenters. The van der Waals surface area contributed by atoms with Gasteiger partial charge in [0.15, 0.2) is 0 Å². The third-order valence-corrected chi connectivity index (χ3v) is 9.30. The van der Waals surface area contributed by atoms with E-state index >= 15 is 0 Å². The lowest BCUT2D eigenvalue weighted by atomic mass is 10.1. The zero-order chi connectivity index (χ0) is 28.3. The number of nitrogens with one attached hydrogen (secondary N) is 2. The van der Waals surface area contributed by atoms with E-state index in [0.29, 0.717) is 32.5 Å². The molecule has 2 N–H and O–H groups in total. The van der Waals surface area contributed by atoms with Gasteiger partial charge in [0.1, 0.15) is 11.4 Å². The third kappa shape index (κ3) is 6.11. The van der Waals surface area contributed by atoms with Crippen molar-refractivity contribution in [3.63, 3.8) is 0 Å². The smallest absolute Gasteiger partial charge is 0.304 e. The molecule has 4 aromatic rings. The van der Waals surface area contributed by atoms with Gasteiger partial charge in [0.2, 0.25) is 0 Å². The molecular weight excluding hydrogens is 548 g/mol. The van der Waals surface area contributed by atoms with Crippen LogP contribution in [0.1, 0.15) is 33.6 Å². The molecule has 1 aromatic heterocycles. The van der Waals surface area contributed by atoms with Gasteiger partial charge in [-0.15, -0.1) is 0 Å². The van der Waals surface area contributed by atoms with Gasteiger partial charge in [-0.2, -0.15) is 12.7 Å². The summed E-state index contributed by atoms with van der Waals surface area (Å²) in [7, 11) is -4.01. The maximum atomic E-state index is 13.3. The Bertz CT molecular complexity index is 1590. The minimum Gasteiger partial charge on any atom is -0.494 e. The summed E-state index contributed by atoms with van der Waals surface area (Å²) in [4.78, 5) is 18.6. The standard InChI is InChI=1S/C30H33ClN4O4S/c1-21-19-24(20-22(2)28(21)31)39-18-8-12-26-25-11-6-7-13-27(25)32-29(26)30(36)33-40(37,38)35-16-14-34(15-17-35)23-9-4-3-5-10-23/h3-7,9-11,13,19-20,32H,8,12,14-18H2,1-2H3,(H,33,36). The number of piperazine rings is 1. The fourth-order valence-electron chi connectivity index (χ4n) is 5.14. The maximum absolute atomic E-state index is 13.3. The highest BCUT2D eigenvalue weighted by Crippen LogP contribution is 2.27. The van der Waals surface area contributed by atoms with E-state index in [4.69, 9.17) is 16.3 Å². The molecule has 1 amide bonds. The topological polar surface area (TPSA) is 94.7 Å². The molecule has 0 bridgehead atoms. The summed E-state index contributed by atoms with van der Waals surface area (Å²) in [5.74, 6) is 0.0799. The Morgan fingerprint density at radius 3 is 2.33 bits per heavy atom. The Morgan fingerprint density at radius 2 is 1.62 bits per heavy atom. The van der Waals surface area contributed by atoms with E-state index in [1.807, 2.05) is 80.6 Å². The summed E-state index contributed by atoms with van der Waals surface area (Å²) in [5.41, 5.74) is 4.76. The van der Waals surface area contributed by atoms with Crippen LogP contribution < -0.4 is 14.4 Å². The zero-order valence-corrected chi connectivity index (χ0v) is 24.2. The third-order valence-electron chi connectivity index (χ3n) is 7.21. The minimum atomic E-state index is -4.01. The van der Waals surface area contributed by atoms with Gasteiger partial charge in [-0.25, -0.2) is 4.72 Å².